The van der Waals surface area contributed by atoms with Gasteiger partial charge in [-0.1, -0.05) is 6.92 Å². The number of carboxylic acids is 1. The molecule has 0 aliphatic heterocycles. The van der Waals surface area contributed by atoms with E-state index in [2.05, 4.69) is 5.10 Å². The predicted octanol–water partition coefficient (Wildman–Crippen LogP) is 1.80. The van der Waals surface area contributed by atoms with Crippen LogP contribution in [0.3, 0.4) is 0 Å². The molecule has 0 spiro atoms. The van der Waals surface area contributed by atoms with Crippen LogP contribution in [0.5, 0.6) is 0 Å². The van der Waals surface area contributed by atoms with Crippen LogP contribution in [0.25, 0.3) is 0 Å². The second-order valence-corrected chi connectivity index (χ2v) is 3.99. The molecule has 0 aliphatic rings. The normalized spacial score (nSPS) is 13.8. The van der Waals surface area contributed by atoms with Crippen LogP contribution in [-0.4, -0.2) is 26.8 Å². The number of carboxylic acid groups (broad SMARTS) is 1. The summed E-state index contributed by atoms with van der Waals surface area (Å²) in [4.78, 5) is 10.6. The lowest BCUT2D eigenvalue weighted by Crippen LogP contribution is -2.23. The second-order valence-electron chi connectivity index (χ2n) is 3.99. The first-order valence-corrected chi connectivity index (χ1v) is 4.91. The molecule has 0 fully saturated rings. The van der Waals surface area contributed by atoms with E-state index in [4.69, 9.17) is 5.11 Å². The molecule has 1 rings (SSSR count). The number of aliphatic carboxylic acids is 1. The maximum atomic E-state index is 12.8. The van der Waals surface area contributed by atoms with E-state index in [0.29, 0.717) is 5.69 Å². The van der Waals surface area contributed by atoms with E-state index in [1.165, 1.54) is 13.1 Å². The lowest BCUT2D eigenvalue weighted by atomic mass is 10.1. The highest BCUT2D eigenvalue weighted by Gasteiger charge is 2.24. The molecule has 0 radical (unpaired) electrons. The summed E-state index contributed by atoms with van der Waals surface area (Å²) in [6.07, 6.45) is 1.60. The summed E-state index contributed by atoms with van der Waals surface area (Å²) in [5, 5.41) is 12.5. The first kappa shape index (κ1) is 12.6. The van der Waals surface area contributed by atoms with E-state index < -0.39 is 24.4 Å². The van der Waals surface area contributed by atoms with Gasteiger partial charge in [-0.05, 0) is 6.07 Å². The molecule has 1 aromatic rings. The number of hydrogen-bond acceptors (Lipinski definition) is 2. The average Bonchev–Trinajstić information content (AvgIpc) is 2.49. The van der Waals surface area contributed by atoms with Crippen molar-refractivity contribution in [1.82, 2.24) is 9.78 Å². The smallest absolute Gasteiger partial charge is 0.306 e. The minimum atomic E-state index is -2.85. The molecular weight excluding hydrogens is 218 g/mol. The fraction of sp³-hybridized carbons (Fsp3) is 0.600. The van der Waals surface area contributed by atoms with Gasteiger partial charge in [0.1, 0.15) is 6.54 Å². The summed E-state index contributed by atoms with van der Waals surface area (Å²) in [6, 6.07) is 1.56. The van der Waals surface area contributed by atoms with Crippen molar-refractivity contribution in [2.45, 2.75) is 32.7 Å². The number of nitrogens with zero attached hydrogens (tertiary/aromatic N) is 2. The second kappa shape index (κ2) is 4.59. The monoisotopic (exact) mass is 232 g/mol. The van der Waals surface area contributed by atoms with E-state index in [1.807, 2.05) is 0 Å². The number of rotatable bonds is 5. The molecule has 0 amide bonds. The van der Waals surface area contributed by atoms with Gasteiger partial charge in [0, 0.05) is 25.2 Å². The number of halogens is 2. The Labute approximate surface area is 91.9 Å². The van der Waals surface area contributed by atoms with Crippen LogP contribution in [0.15, 0.2) is 12.3 Å². The topological polar surface area (TPSA) is 55.1 Å². The average molecular weight is 232 g/mol. The van der Waals surface area contributed by atoms with Gasteiger partial charge in [0.2, 0.25) is 0 Å². The zero-order chi connectivity index (χ0) is 12.3. The van der Waals surface area contributed by atoms with Crippen molar-refractivity contribution in [3.63, 3.8) is 0 Å². The Morgan fingerprint density at radius 2 is 2.31 bits per heavy atom. The standard InChI is InChI=1S/C10H14F2N2O2/c1-7(9(15)16)5-8-3-4-13-14(8)6-10(2,11)12/h3-4,7H,5-6H2,1-2H3,(H,15,16). The lowest BCUT2D eigenvalue weighted by molar-refractivity contribution is -0.141. The van der Waals surface area contributed by atoms with E-state index in [-0.39, 0.29) is 6.42 Å². The van der Waals surface area contributed by atoms with Gasteiger partial charge >= 0.3 is 5.97 Å². The van der Waals surface area contributed by atoms with Gasteiger partial charge in [-0.15, -0.1) is 0 Å². The Morgan fingerprint density at radius 1 is 1.69 bits per heavy atom. The molecule has 0 aromatic carbocycles. The highest BCUT2D eigenvalue weighted by Crippen LogP contribution is 2.17. The molecule has 16 heavy (non-hydrogen) atoms. The van der Waals surface area contributed by atoms with Crippen molar-refractivity contribution in [2.75, 3.05) is 0 Å². The fourth-order valence-corrected chi connectivity index (χ4v) is 1.34. The van der Waals surface area contributed by atoms with Crippen LogP contribution < -0.4 is 0 Å². The van der Waals surface area contributed by atoms with Crippen LogP contribution in [0, 0.1) is 5.92 Å². The van der Waals surface area contributed by atoms with Crippen LogP contribution in [0.4, 0.5) is 8.78 Å². The predicted molar refractivity (Wildman–Crippen MR) is 53.4 cm³/mol. The van der Waals surface area contributed by atoms with Crippen molar-refractivity contribution in [3.05, 3.63) is 18.0 Å². The van der Waals surface area contributed by atoms with Gasteiger partial charge in [0.05, 0.1) is 5.92 Å². The Kier molecular flexibility index (Phi) is 3.62. The molecule has 6 heteroatoms. The Bertz CT molecular complexity index is 371. The Hall–Kier alpha value is -1.46. The van der Waals surface area contributed by atoms with Gasteiger partial charge in [-0.3, -0.25) is 9.48 Å². The van der Waals surface area contributed by atoms with Crippen LogP contribution in [-0.2, 0) is 17.8 Å². The fourth-order valence-electron chi connectivity index (χ4n) is 1.34. The number of aromatic nitrogens is 2. The Morgan fingerprint density at radius 3 is 2.81 bits per heavy atom. The highest BCUT2D eigenvalue weighted by atomic mass is 19.3. The van der Waals surface area contributed by atoms with Gasteiger partial charge in [-0.25, -0.2) is 8.78 Å². The minimum absolute atomic E-state index is 0.200. The first-order chi connectivity index (χ1) is 7.29. The molecule has 0 aliphatic carbocycles. The number of hydrogen-bond donors (Lipinski definition) is 1. The zero-order valence-corrected chi connectivity index (χ0v) is 9.15. The van der Waals surface area contributed by atoms with Gasteiger partial charge in [0.25, 0.3) is 5.92 Å². The number of carbonyl (C=O) groups is 1. The SMILES string of the molecule is CC(Cc1ccnn1CC(C)(F)F)C(=O)O. The van der Waals surface area contributed by atoms with Crippen LogP contribution in [0.1, 0.15) is 19.5 Å². The van der Waals surface area contributed by atoms with Gasteiger partial charge in [-0.2, -0.15) is 5.10 Å². The lowest BCUT2D eigenvalue weighted by Gasteiger charge is -2.14. The molecule has 90 valence electrons. The largest absolute Gasteiger partial charge is 0.481 e. The van der Waals surface area contributed by atoms with Gasteiger partial charge in [0.15, 0.2) is 0 Å². The summed E-state index contributed by atoms with van der Waals surface area (Å²) in [7, 11) is 0. The van der Waals surface area contributed by atoms with Crippen LogP contribution in [0.2, 0.25) is 0 Å². The molecule has 1 unspecified atom stereocenters. The third kappa shape index (κ3) is 3.60. The molecule has 1 heterocycles. The van der Waals surface area contributed by atoms with E-state index >= 15 is 0 Å². The van der Waals surface area contributed by atoms with Crippen LogP contribution >= 0.6 is 0 Å². The summed E-state index contributed by atoms with van der Waals surface area (Å²) in [5.74, 6) is -4.41. The van der Waals surface area contributed by atoms with Crippen molar-refractivity contribution < 1.29 is 18.7 Å². The maximum absolute atomic E-state index is 12.8. The maximum Gasteiger partial charge on any atom is 0.306 e. The van der Waals surface area contributed by atoms with Crippen molar-refractivity contribution in [1.29, 1.82) is 0 Å². The summed E-state index contributed by atoms with van der Waals surface area (Å²) < 4.78 is 26.7. The third-order valence-electron chi connectivity index (χ3n) is 2.17. The van der Waals surface area contributed by atoms with Crippen molar-refractivity contribution in [2.24, 2.45) is 5.92 Å². The van der Waals surface area contributed by atoms with Gasteiger partial charge < -0.3 is 5.11 Å². The highest BCUT2D eigenvalue weighted by molar-refractivity contribution is 5.69. The van der Waals surface area contributed by atoms with Crippen molar-refractivity contribution >= 4 is 5.97 Å². The molecule has 0 saturated heterocycles. The van der Waals surface area contributed by atoms with E-state index in [0.717, 1.165) is 11.6 Å². The molecule has 4 nitrogen and oxygen atoms in total. The number of alkyl halides is 2. The first-order valence-electron chi connectivity index (χ1n) is 4.91. The molecule has 0 bridgehead atoms. The molecule has 1 atom stereocenters. The summed E-state index contributed by atoms with van der Waals surface area (Å²) >= 11 is 0. The molecule has 0 saturated carbocycles. The van der Waals surface area contributed by atoms with Crippen molar-refractivity contribution in [3.8, 4) is 0 Å². The molecular formula is C10H14F2N2O2. The Balaban J connectivity index is 2.75. The van der Waals surface area contributed by atoms with E-state index in [1.54, 1.807) is 6.07 Å². The quantitative estimate of drug-likeness (QED) is 0.842. The summed E-state index contributed by atoms with van der Waals surface area (Å²) in [5.41, 5.74) is 0.511. The summed E-state index contributed by atoms with van der Waals surface area (Å²) in [6.45, 7) is 1.81. The third-order valence-corrected chi connectivity index (χ3v) is 2.17. The zero-order valence-electron chi connectivity index (χ0n) is 9.15. The van der Waals surface area contributed by atoms with E-state index in [9.17, 15) is 13.6 Å². The minimum Gasteiger partial charge on any atom is -0.481 e. The molecule has 1 aromatic heterocycles. The molecule has 1 N–H and O–H groups in total.